The van der Waals surface area contributed by atoms with Crippen LogP contribution in [-0.2, 0) is 6.42 Å². The van der Waals surface area contributed by atoms with Gasteiger partial charge >= 0.3 is 0 Å². The standard InChI is InChI=1S/C24H27ClO2/c1-16(18(3)26)13-19-7-12-24(17(2)14-19)27-15-21-5-4-6-23(21)20-8-10-22(25)11-9-20/h7-12,14,16,26H,3-6,13,15H2,1-2H3. The smallest absolute Gasteiger partial charge is 0.122 e. The van der Waals surface area contributed by atoms with Crippen LogP contribution in [0.4, 0.5) is 0 Å². The van der Waals surface area contributed by atoms with Gasteiger partial charge in [0, 0.05) is 10.9 Å². The monoisotopic (exact) mass is 382 g/mol. The summed E-state index contributed by atoms with van der Waals surface area (Å²) in [7, 11) is 0. The number of aryl methyl sites for hydroxylation is 1. The minimum atomic E-state index is 0.0572. The van der Waals surface area contributed by atoms with Gasteiger partial charge in [-0.2, -0.15) is 0 Å². The third kappa shape index (κ3) is 4.95. The number of aliphatic hydroxyl groups excluding tert-OH is 1. The Balaban J connectivity index is 1.69. The molecule has 3 heteroatoms. The summed E-state index contributed by atoms with van der Waals surface area (Å²) in [5, 5.41) is 10.3. The fourth-order valence-electron chi connectivity index (χ4n) is 3.60. The molecule has 2 aromatic rings. The van der Waals surface area contributed by atoms with Crippen molar-refractivity contribution in [2.24, 2.45) is 5.92 Å². The Bertz CT molecular complexity index is 849. The predicted octanol–water partition coefficient (Wildman–Crippen LogP) is 6.92. The molecule has 2 nitrogen and oxygen atoms in total. The zero-order valence-corrected chi connectivity index (χ0v) is 16.9. The van der Waals surface area contributed by atoms with Crippen molar-refractivity contribution < 1.29 is 9.84 Å². The number of hydrogen-bond acceptors (Lipinski definition) is 2. The van der Waals surface area contributed by atoms with Crippen molar-refractivity contribution in [3.63, 3.8) is 0 Å². The summed E-state index contributed by atoms with van der Waals surface area (Å²) < 4.78 is 6.15. The molecule has 0 spiro atoms. The van der Waals surface area contributed by atoms with Gasteiger partial charge < -0.3 is 9.84 Å². The van der Waals surface area contributed by atoms with Crippen LogP contribution in [0.3, 0.4) is 0 Å². The first-order valence-electron chi connectivity index (χ1n) is 9.51. The first kappa shape index (κ1) is 19.6. The van der Waals surface area contributed by atoms with Crippen LogP contribution < -0.4 is 4.74 Å². The van der Waals surface area contributed by atoms with Gasteiger partial charge in [-0.1, -0.05) is 49.4 Å². The summed E-state index contributed by atoms with van der Waals surface area (Å²) in [5.74, 6) is 1.21. The largest absolute Gasteiger partial charge is 0.513 e. The van der Waals surface area contributed by atoms with Crippen molar-refractivity contribution in [3.8, 4) is 5.75 Å². The molecule has 0 amide bonds. The molecule has 2 aromatic carbocycles. The van der Waals surface area contributed by atoms with E-state index in [1.54, 1.807) is 0 Å². The van der Waals surface area contributed by atoms with Crippen LogP contribution in [0, 0.1) is 12.8 Å². The quantitative estimate of drug-likeness (QED) is 0.527. The van der Waals surface area contributed by atoms with Gasteiger partial charge in [-0.25, -0.2) is 0 Å². The highest BCUT2D eigenvalue weighted by atomic mass is 35.5. The van der Waals surface area contributed by atoms with Crippen LogP contribution in [0.2, 0.25) is 5.02 Å². The van der Waals surface area contributed by atoms with Gasteiger partial charge in [0.15, 0.2) is 0 Å². The Morgan fingerprint density at radius 3 is 2.59 bits per heavy atom. The highest BCUT2D eigenvalue weighted by Crippen LogP contribution is 2.35. The molecule has 1 N–H and O–H groups in total. The number of allylic oxidation sites excluding steroid dienone is 2. The molecule has 27 heavy (non-hydrogen) atoms. The van der Waals surface area contributed by atoms with Gasteiger partial charge in [0.05, 0.1) is 5.76 Å². The SMILES string of the molecule is C=C(O)C(C)Cc1ccc(OCC2=C(c3ccc(Cl)cc3)CCC2)c(C)c1. The van der Waals surface area contributed by atoms with Gasteiger partial charge in [-0.05, 0) is 78.6 Å². The summed E-state index contributed by atoms with van der Waals surface area (Å²) in [5.41, 5.74) is 6.34. The Morgan fingerprint density at radius 1 is 1.19 bits per heavy atom. The molecule has 0 aliphatic heterocycles. The summed E-state index contributed by atoms with van der Waals surface area (Å²) in [6, 6.07) is 14.3. The number of benzene rings is 2. The Hall–Kier alpha value is -2.19. The third-order valence-electron chi connectivity index (χ3n) is 5.28. The molecule has 1 aliphatic carbocycles. The third-order valence-corrected chi connectivity index (χ3v) is 5.53. The molecule has 0 heterocycles. The Morgan fingerprint density at radius 2 is 1.93 bits per heavy atom. The molecule has 142 valence electrons. The maximum absolute atomic E-state index is 9.51. The molecule has 0 radical (unpaired) electrons. The van der Waals surface area contributed by atoms with Crippen LogP contribution in [0.25, 0.3) is 5.57 Å². The molecule has 0 saturated heterocycles. The zero-order valence-electron chi connectivity index (χ0n) is 16.1. The van der Waals surface area contributed by atoms with Gasteiger partial charge in [0.25, 0.3) is 0 Å². The van der Waals surface area contributed by atoms with Crippen molar-refractivity contribution in [2.75, 3.05) is 6.61 Å². The lowest BCUT2D eigenvalue weighted by molar-refractivity contribution is 0.341. The van der Waals surface area contributed by atoms with E-state index >= 15 is 0 Å². The van der Waals surface area contributed by atoms with Gasteiger partial charge in [0.2, 0.25) is 0 Å². The van der Waals surface area contributed by atoms with Crippen LogP contribution in [-0.4, -0.2) is 11.7 Å². The van der Waals surface area contributed by atoms with Gasteiger partial charge in [-0.3, -0.25) is 0 Å². The molecule has 3 rings (SSSR count). The molecule has 1 unspecified atom stereocenters. The number of rotatable bonds is 7. The first-order chi connectivity index (χ1) is 12.9. The number of halogens is 1. The maximum Gasteiger partial charge on any atom is 0.122 e. The number of ether oxygens (including phenoxy) is 1. The summed E-state index contributed by atoms with van der Waals surface area (Å²) in [4.78, 5) is 0. The van der Waals surface area contributed by atoms with E-state index in [1.165, 1.54) is 28.7 Å². The van der Waals surface area contributed by atoms with E-state index < -0.39 is 0 Å². The average molecular weight is 383 g/mol. The van der Waals surface area contributed by atoms with E-state index in [1.807, 2.05) is 25.1 Å². The average Bonchev–Trinajstić information content (AvgIpc) is 3.10. The molecule has 0 bridgehead atoms. The van der Waals surface area contributed by atoms with Gasteiger partial charge in [-0.15, -0.1) is 0 Å². The first-order valence-corrected chi connectivity index (χ1v) is 9.88. The lowest BCUT2D eigenvalue weighted by Gasteiger charge is -2.14. The zero-order chi connectivity index (χ0) is 19.4. The van der Waals surface area contributed by atoms with Crippen molar-refractivity contribution in [1.29, 1.82) is 0 Å². The second-order valence-electron chi connectivity index (χ2n) is 7.43. The van der Waals surface area contributed by atoms with E-state index in [2.05, 4.69) is 37.8 Å². The normalized spacial score (nSPS) is 15.1. The molecular weight excluding hydrogens is 356 g/mol. The van der Waals surface area contributed by atoms with Crippen molar-refractivity contribution in [3.05, 3.63) is 82.1 Å². The minimum Gasteiger partial charge on any atom is -0.513 e. The molecule has 1 atom stereocenters. The van der Waals surface area contributed by atoms with Crippen molar-refractivity contribution >= 4 is 17.2 Å². The molecule has 1 aliphatic rings. The Kier molecular flexibility index (Phi) is 6.28. The van der Waals surface area contributed by atoms with Crippen LogP contribution in [0.1, 0.15) is 42.9 Å². The highest BCUT2D eigenvalue weighted by molar-refractivity contribution is 6.30. The fourth-order valence-corrected chi connectivity index (χ4v) is 3.73. The van der Waals surface area contributed by atoms with Gasteiger partial charge in [0.1, 0.15) is 12.4 Å². The Labute approximate surface area is 167 Å². The molecule has 0 saturated carbocycles. The summed E-state index contributed by atoms with van der Waals surface area (Å²) >= 11 is 6.02. The second-order valence-corrected chi connectivity index (χ2v) is 7.86. The van der Waals surface area contributed by atoms with E-state index in [9.17, 15) is 5.11 Å². The molecule has 0 fully saturated rings. The summed E-state index contributed by atoms with van der Waals surface area (Å²) in [6.45, 7) is 8.30. The van der Waals surface area contributed by atoms with Crippen LogP contribution in [0.15, 0.2) is 60.4 Å². The second kappa shape index (κ2) is 8.67. The van der Waals surface area contributed by atoms with Crippen molar-refractivity contribution in [1.82, 2.24) is 0 Å². The number of aliphatic hydroxyl groups is 1. The van der Waals surface area contributed by atoms with E-state index in [0.717, 1.165) is 35.6 Å². The highest BCUT2D eigenvalue weighted by Gasteiger charge is 2.17. The molecule has 0 aromatic heterocycles. The fraction of sp³-hybridized carbons (Fsp3) is 0.333. The van der Waals surface area contributed by atoms with Crippen molar-refractivity contribution in [2.45, 2.75) is 39.5 Å². The summed E-state index contributed by atoms with van der Waals surface area (Å²) in [6.07, 6.45) is 4.15. The minimum absolute atomic E-state index is 0.0572. The number of hydrogen-bond donors (Lipinski definition) is 1. The van der Waals surface area contributed by atoms with E-state index in [-0.39, 0.29) is 11.7 Å². The topological polar surface area (TPSA) is 29.5 Å². The van der Waals surface area contributed by atoms with E-state index in [4.69, 9.17) is 16.3 Å². The van der Waals surface area contributed by atoms with Crippen LogP contribution >= 0.6 is 11.6 Å². The predicted molar refractivity (Wildman–Crippen MR) is 114 cm³/mol. The lowest BCUT2D eigenvalue weighted by Crippen LogP contribution is -2.05. The van der Waals surface area contributed by atoms with Crippen LogP contribution in [0.5, 0.6) is 5.75 Å². The lowest BCUT2D eigenvalue weighted by atomic mass is 9.98. The van der Waals surface area contributed by atoms with E-state index in [0.29, 0.717) is 6.61 Å². The maximum atomic E-state index is 9.51. The molecular formula is C24H27ClO2.